The van der Waals surface area contributed by atoms with Crippen LogP contribution in [0.1, 0.15) is 15.9 Å². The summed E-state index contributed by atoms with van der Waals surface area (Å²) in [4.78, 5) is 51.7. The van der Waals surface area contributed by atoms with Gasteiger partial charge in [-0.25, -0.2) is 9.18 Å². The lowest BCUT2D eigenvalue weighted by Gasteiger charge is -2.14. The monoisotopic (exact) mass is 486 g/mol. The Morgan fingerprint density at radius 2 is 1.67 bits per heavy atom. The number of nitrogens with one attached hydrogen (secondary N) is 2. The number of carbonyl (C=O) groups is 2. The van der Waals surface area contributed by atoms with Gasteiger partial charge in [0.25, 0.3) is 11.5 Å². The van der Waals surface area contributed by atoms with Crippen molar-refractivity contribution < 1.29 is 14.0 Å². The first kappa shape index (κ1) is 24.3. The molecule has 1 heterocycles. The Bertz CT molecular complexity index is 1560. The van der Waals surface area contributed by atoms with E-state index in [2.05, 4.69) is 17.2 Å². The highest BCUT2D eigenvalue weighted by Gasteiger charge is 2.17. The topological polar surface area (TPSA) is 102 Å². The van der Waals surface area contributed by atoms with Gasteiger partial charge in [-0.2, -0.15) is 0 Å². The van der Waals surface area contributed by atoms with Crippen LogP contribution >= 0.6 is 0 Å². The fourth-order valence-corrected chi connectivity index (χ4v) is 3.76. The van der Waals surface area contributed by atoms with Gasteiger partial charge in [-0.05, 0) is 48.0 Å². The molecule has 0 fully saturated rings. The van der Waals surface area contributed by atoms with Gasteiger partial charge in [0.05, 0.1) is 10.9 Å². The van der Waals surface area contributed by atoms with Gasteiger partial charge < -0.3 is 10.6 Å². The molecule has 8 nitrogen and oxygen atoms in total. The average Bonchev–Trinajstić information content (AvgIpc) is 2.89. The number of aromatic nitrogens is 2. The van der Waals surface area contributed by atoms with E-state index >= 15 is 0 Å². The van der Waals surface area contributed by atoms with Crippen molar-refractivity contribution in [2.45, 2.75) is 19.6 Å². The molecule has 0 aliphatic carbocycles. The van der Waals surface area contributed by atoms with Crippen molar-refractivity contribution in [1.29, 1.82) is 0 Å². The number of rotatable bonds is 8. The van der Waals surface area contributed by atoms with Crippen LogP contribution in [0.25, 0.3) is 10.9 Å². The highest BCUT2D eigenvalue weighted by molar-refractivity contribution is 5.98. The predicted molar refractivity (Wildman–Crippen MR) is 135 cm³/mol. The van der Waals surface area contributed by atoms with Crippen molar-refractivity contribution in [3.8, 4) is 0 Å². The van der Waals surface area contributed by atoms with Crippen LogP contribution in [-0.2, 0) is 24.4 Å². The molecule has 3 aromatic carbocycles. The van der Waals surface area contributed by atoms with Gasteiger partial charge in [0.2, 0.25) is 5.91 Å². The van der Waals surface area contributed by atoms with Crippen molar-refractivity contribution in [2.24, 2.45) is 0 Å². The highest BCUT2D eigenvalue weighted by atomic mass is 19.1. The summed E-state index contributed by atoms with van der Waals surface area (Å²) in [6.45, 7) is 3.40. The van der Waals surface area contributed by atoms with Crippen LogP contribution in [0, 0.1) is 5.82 Å². The summed E-state index contributed by atoms with van der Waals surface area (Å²) in [7, 11) is 0. The number of amides is 2. The van der Waals surface area contributed by atoms with E-state index in [0.29, 0.717) is 12.2 Å². The van der Waals surface area contributed by atoms with Gasteiger partial charge in [-0.1, -0.05) is 36.4 Å². The Morgan fingerprint density at radius 1 is 0.944 bits per heavy atom. The van der Waals surface area contributed by atoms with E-state index in [1.165, 1.54) is 48.5 Å². The summed E-state index contributed by atoms with van der Waals surface area (Å²) in [5.41, 5.74) is 0.357. The second-order valence-electron chi connectivity index (χ2n) is 8.03. The molecule has 36 heavy (non-hydrogen) atoms. The number of benzene rings is 3. The van der Waals surface area contributed by atoms with E-state index in [1.54, 1.807) is 0 Å². The summed E-state index contributed by atoms with van der Waals surface area (Å²) in [6, 6.07) is 18.9. The predicted octanol–water partition coefficient (Wildman–Crippen LogP) is 3.06. The van der Waals surface area contributed by atoms with E-state index in [1.807, 2.05) is 30.3 Å². The molecule has 0 unspecified atom stereocenters. The number of allylic oxidation sites excluding steroid dienone is 1. The first-order chi connectivity index (χ1) is 17.4. The molecule has 2 N–H and O–H groups in total. The SMILES string of the molecule is C=CCn1c(=O)c2ccc(C(=O)NCc3ccccc3)cc2n(CC(=O)Nc2ccc(F)cc2)c1=O. The third-order valence-corrected chi connectivity index (χ3v) is 5.53. The largest absolute Gasteiger partial charge is 0.348 e. The molecule has 182 valence electrons. The van der Waals surface area contributed by atoms with E-state index in [-0.39, 0.29) is 23.0 Å². The van der Waals surface area contributed by atoms with Crippen LogP contribution in [-0.4, -0.2) is 20.9 Å². The number of carbonyl (C=O) groups excluding carboxylic acids is 2. The zero-order chi connectivity index (χ0) is 25.7. The number of hydrogen-bond acceptors (Lipinski definition) is 4. The molecule has 0 bridgehead atoms. The molecule has 1 aromatic heterocycles. The Balaban J connectivity index is 1.70. The molecule has 2 amide bonds. The first-order valence-corrected chi connectivity index (χ1v) is 11.1. The minimum absolute atomic E-state index is 0.0491. The standard InChI is InChI=1S/C27H23FN4O4/c1-2-14-31-26(35)22-13-8-19(25(34)29-16-18-6-4-3-5-7-18)15-23(22)32(27(31)36)17-24(33)30-21-11-9-20(28)10-12-21/h2-13,15H,1,14,16-17H2,(H,29,34)(H,30,33). The van der Waals surface area contributed by atoms with Gasteiger partial charge >= 0.3 is 5.69 Å². The lowest BCUT2D eigenvalue weighted by Crippen LogP contribution is -2.41. The van der Waals surface area contributed by atoms with E-state index in [4.69, 9.17) is 0 Å². The summed E-state index contributed by atoms with van der Waals surface area (Å²) in [6.07, 6.45) is 1.41. The summed E-state index contributed by atoms with van der Waals surface area (Å²) in [5.74, 6) is -1.41. The number of anilines is 1. The third kappa shape index (κ3) is 5.30. The molecule has 9 heteroatoms. The number of fused-ring (bicyclic) bond motifs is 1. The zero-order valence-electron chi connectivity index (χ0n) is 19.2. The zero-order valence-corrected chi connectivity index (χ0v) is 19.2. The fraction of sp³-hybridized carbons (Fsp3) is 0.111. The van der Waals surface area contributed by atoms with Crippen molar-refractivity contribution in [1.82, 2.24) is 14.5 Å². The Kier molecular flexibility index (Phi) is 7.20. The smallest absolute Gasteiger partial charge is 0.332 e. The maximum Gasteiger partial charge on any atom is 0.332 e. The van der Waals surface area contributed by atoms with Crippen LogP contribution in [0.4, 0.5) is 10.1 Å². The fourth-order valence-electron chi connectivity index (χ4n) is 3.76. The molecule has 0 saturated heterocycles. The summed E-state index contributed by atoms with van der Waals surface area (Å²) < 4.78 is 15.3. The number of halogens is 1. The average molecular weight is 487 g/mol. The van der Waals surface area contributed by atoms with Crippen LogP contribution < -0.4 is 21.9 Å². The van der Waals surface area contributed by atoms with E-state index < -0.39 is 35.4 Å². The van der Waals surface area contributed by atoms with Gasteiger partial charge in [0.1, 0.15) is 12.4 Å². The molecular formula is C27H23FN4O4. The molecule has 0 aliphatic heterocycles. The first-order valence-electron chi connectivity index (χ1n) is 11.1. The van der Waals surface area contributed by atoms with Gasteiger partial charge in [0, 0.05) is 24.3 Å². The van der Waals surface area contributed by atoms with Crippen LogP contribution in [0.5, 0.6) is 0 Å². The molecule has 0 spiro atoms. The third-order valence-electron chi connectivity index (χ3n) is 5.53. The molecule has 0 atom stereocenters. The summed E-state index contributed by atoms with van der Waals surface area (Å²) in [5, 5.41) is 5.58. The van der Waals surface area contributed by atoms with E-state index in [0.717, 1.165) is 14.7 Å². The number of nitrogens with zero attached hydrogens (tertiary/aromatic N) is 2. The molecule has 0 radical (unpaired) electrons. The molecule has 0 saturated carbocycles. The molecule has 0 aliphatic rings. The minimum atomic E-state index is -0.719. The van der Waals surface area contributed by atoms with Gasteiger partial charge in [-0.15, -0.1) is 6.58 Å². The lowest BCUT2D eigenvalue weighted by molar-refractivity contribution is -0.116. The van der Waals surface area contributed by atoms with Crippen LogP contribution in [0.15, 0.2) is 95.0 Å². The summed E-state index contributed by atoms with van der Waals surface area (Å²) >= 11 is 0. The quantitative estimate of drug-likeness (QED) is 0.374. The second kappa shape index (κ2) is 10.6. The van der Waals surface area contributed by atoms with Crippen molar-refractivity contribution >= 4 is 28.4 Å². The van der Waals surface area contributed by atoms with E-state index in [9.17, 15) is 23.6 Å². The van der Waals surface area contributed by atoms with Crippen molar-refractivity contribution in [3.05, 3.63) is 123 Å². The van der Waals surface area contributed by atoms with Crippen LogP contribution in [0.3, 0.4) is 0 Å². The Morgan fingerprint density at radius 3 is 2.36 bits per heavy atom. The lowest BCUT2D eigenvalue weighted by atomic mass is 10.1. The molecular weight excluding hydrogens is 463 g/mol. The highest BCUT2D eigenvalue weighted by Crippen LogP contribution is 2.14. The maximum atomic E-state index is 13.2. The molecule has 4 aromatic rings. The number of hydrogen-bond donors (Lipinski definition) is 2. The van der Waals surface area contributed by atoms with Gasteiger partial charge in [-0.3, -0.25) is 23.5 Å². The minimum Gasteiger partial charge on any atom is -0.348 e. The van der Waals surface area contributed by atoms with Crippen LogP contribution in [0.2, 0.25) is 0 Å². The van der Waals surface area contributed by atoms with Gasteiger partial charge in [0.15, 0.2) is 0 Å². The Hall–Kier alpha value is -4.79. The van der Waals surface area contributed by atoms with Crippen molar-refractivity contribution in [3.63, 3.8) is 0 Å². The normalized spacial score (nSPS) is 10.7. The maximum absolute atomic E-state index is 13.2. The van der Waals surface area contributed by atoms with Crippen molar-refractivity contribution in [2.75, 3.05) is 5.32 Å². The molecule has 4 rings (SSSR count). The Labute approximate surface area is 205 Å². The second-order valence-corrected chi connectivity index (χ2v) is 8.03.